The van der Waals surface area contributed by atoms with E-state index in [1.807, 2.05) is 30.3 Å². The van der Waals surface area contributed by atoms with Gasteiger partial charge in [0.1, 0.15) is 0 Å². The minimum Gasteiger partial charge on any atom is -0.305 e. The average molecular weight is 235 g/mol. The molecule has 0 atom stereocenters. The monoisotopic (exact) mass is 235 g/mol. The van der Waals surface area contributed by atoms with Crippen molar-refractivity contribution < 1.29 is 0 Å². The van der Waals surface area contributed by atoms with E-state index in [9.17, 15) is 0 Å². The van der Waals surface area contributed by atoms with Crippen LogP contribution >= 0.6 is 0 Å². The molecule has 18 heavy (non-hydrogen) atoms. The summed E-state index contributed by atoms with van der Waals surface area (Å²) in [4.78, 5) is 2.16. The van der Waals surface area contributed by atoms with Crippen LogP contribution in [0.1, 0.15) is 16.7 Å². The maximum atomic E-state index is 3.18. The van der Waals surface area contributed by atoms with Gasteiger partial charge in [0.2, 0.25) is 0 Å². The lowest BCUT2D eigenvalue weighted by Gasteiger charge is -2.08. The molecule has 90 valence electrons. The molecule has 0 unspecified atom stereocenters. The van der Waals surface area contributed by atoms with Gasteiger partial charge in [-0.3, -0.25) is 0 Å². The van der Waals surface area contributed by atoms with Crippen molar-refractivity contribution in [1.82, 2.24) is 4.90 Å². The van der Waals surface area contributed by atoms with Gasteiger partial charge in [-0.25, -0.2) is 0 Å². The molecule has 0 aliphatic heterocycles. The quantitative estimate of drug-likeness (QED) is 0.723. The van der Waals surface area contributed by atoms with E-state index in [0.717, 1.165) is 17.7 Å². The first-order valence-electron chi connectivity index (χ1n) is 6.05. The molecule has 0 spiro atoms. The van der Waals surface area contributed by atoms with E-state index in [4.69, 9.17) is 0 Å². The Labute approximate surface area is 109 Å². The number of rotatable bonds is 2. The summed E-state index contributed by atoms with van der Waals surface area (Å²) in [6.07, 6.45) is 0. The summed E-state index contributed by atoms with van der Waals surface area (Å²) in [5.74, 6) is 6.34. The van der Waals surface area contributed by atoms with Crippen LogP contribution in [0.4, 0.5) is 0 Å². The molecule has 0 radical (unpaired) electrons. The Hall–Kier alpha value is -2.04. The second-order valence-corrected chi connectivity index (χ2v) is 4.55. The topological polar surface area (TPSA) is 3.24 Å². The highest BCUT2D eigenvalue weighted by Gasteiger charge is 1.94. The molecule has 0 N–H and O–H groups in total. The van der Waals surface area contributed by atoms with Crippen LogP contribution in [0.15, 0.2) is 54.6 Å². The molecule has 1 heteroatoms. The summed E-state index contributed by atoms with van der Waals surface area (Å²) >= 11 is 0. The maximum Gasteiger partial charge on any atom is 0.0249 e. The minimum absolute atomic E-state index is 0.965. The van der Waals surface area contributed by atoms with Crippen LogP contribution in [0.25, 0.3) is 0 Å². The molecule has 2 rings (SSSR count). The Balaban J connectivity index is 2.09. The first kappa shape index (κ1) is 12.4. The van der Waals surface area contributed by atoms with Crippen molar-refractivity contribution in [3.05, 3.63) is 71.3 Å². The Morgan fingerprint density at radius 1 is 0.778 bits per heavy atom. The van der Waals surface area contributed by atoms with Crippen molar-refractivity contribution in [3.63, 3.8) is 0 Å². The van der Waals surface area contributed by atoms with Gasteiger partial charge in [0.05, 0.1) is 0 Å². The predicted molar refractivity (Wildman–Crippen MR) is 76.3 cm³/mol. The van der Waals surface area contributed by atoms with E-state index in [1.54, 1.807) is 0 Å². The highest BCUT2D eigenvalue weighted by atomic mass is 15.0. The van der Waals surface area contributed by atoms with Crippen LogP contribution < -0.4 is 0 Å². The zero-order valence-corrected chi connectivity index (χ0v) is 10.9. The number of benzene rings is 2. The third-order valence-corrected chi connectivity index (χ3v) is 2.58. The second kappa shape index (κ2) is 6.05. The fraction of sp³-hybridized carbons (Fsp3) is 0.176. The Morgan fingerprint density at radius 2 is 1.33 bits per heavy atom. The zero-order chi connectivity index (χ0) is 12.8. The van der Waals surface area contributed by atoms with Crippen molar-refractivity contribution in [3.8, 4) is 11.8 Å². The summed E-state index contributed by atoms with van der Waals surface area (Å²) in [7, 11) is 4.15. The van der Waals surface area contributed by atoms with Gasteiger partial charge in [-0.15, -0.1) is 0 Å². The number of hydrogen-bond acceptors (Lipinski definition) is 1. The Bertz CT molecular complexity index is 542. The third kappa shape index (κ3) is 3.76. The van der Waals surface area contributed by atoms with Gasteiger partial charge in [0.25, 0.3) is 0 Å². The Morgan fingerprint density at radius 3 is 1.89 bits per heavy atom. The van der Waals surface area contributed by atoms with E-state index >= 15 is 0 Å². The van der Waals surface area contributed by atoms with Crippen molar-refractivity contribution in [1.29, 1.82) is 0 Å². The minimum atomic E-state index is 0.965. The molecule has 0 aromatic heterocycles. The van der Waals surface area contributed by atoms with Crippen LogP contribution in [-0.2, 0) is 6.54 Å². The van der Waals surface area contributed by atoms with Gasteiger partial charge < -0.3 is 4.90 Å². The van der Waals surface area contributed by atoms with Gasteiger partial charge in [-0.2, -0.15) is 0 Å². The smallest absolute Gasteiger partial charge is 0.0249 e. The highest BCUT2D eigenvalue weighted by Crippen LogP contribution is 2.05. The molecule has 0 bridgehead atoms. The van der Waals surface area contributed by atoms with E-state index in [0.29, 0.717) is 0 Å². The number of nitrogens with zero attached hydrogens (tertiary/aromatic N) is 1. The maximum absolute atomic E-state index is 3.18. The normalized spacial score (nSPS) is 9.94. The molecule has 1 nitrogen and oxygen atoms in total. The predicted octanol–water partition coefficient (Wildman–Crippen LogP) is 3.15. The molecule has 0 saturated carbocycles. The van der Waals surface area contributed by atoms with Crippen LogP contribution in [0, 0.1) is 11.8 Å². The Kier molecular flexibility index (Phi) is 4.17. The van der Waals surface area contributed by atoms with Crippen LogP contribution in [0.5, 0.6) is 0 Å². The lowest BCUT2D eigenvalue weighted by molar-refractivity contribution is 0.402. The van der Waals surface area contributed by atoms with Crippen molar-refractivity contribution in [2.75, 3.05) is 14.1 Å². The van der Waals surface area contributed by atoms with E-state index in [-0.39, 0.29) is 0 Å². The van der Waals surface area contributed by atoms with Crippen molar-refractivity contribution >= 4 is 0 Å². The van der Waals surface area contributed by atoms with Gasteiger partial charge >= 0.3 is 0 Å². The molecule has 2 aromatic carbocycles. The first-order valence-corrected chi connectivity index (χ1v) is 6.05. The molecule has 0 aliphatic rings. The molecular formula is C17H17N. The zero-order valence-electron chi connectivity index (χ0n) is 10.9. The van der Waals surface area contributed by atoms with Gasteiger partial charge in [-0.05, 0) is 43.9 Å². The van der Waals surface area contributed by atoms with Gasteiger partial charge in [0, 0.05) is 17.7 Å². The van der Waals surface area contributed by atoms with Crippen LogP contribution in [0.2, 0.25) is 0 Å². The third-order valence-electron chi connectivity index (χ3n) is 2.58. The molecule has 0 fully saturated rings. The molecule has 0 aliphatic carbocycles. The summed E-state index contributed by atoms with van der Waals surface area (Å²) in [5.41, 5.74) is 3.42. The highest BCUT2D eigenvalue weighted by molar-refractivity contribution is 5.43. The summed E-state index contributed by atoms with van der Waals surface area (Å²) in [6, 6.07) is 18.5. The number of hydrogen-bond donors (Lipinski definition) is 0. The molecule has 0 amide bonds. The van der Waals surface area contributed by atoms with Crippen molar-refractivity contribution in [2.45, 2.75) is 6.54 Å². The van der Waals surface area contributed by atoms with E-state index < -0.39 is 0 Å². The largest absolute Gasteiger partial charge is 0.305 e. The van der Waals surface area contributed by atoms with E-state index in [1.165, 1.54) is 5.56 Å². The summed E-state index contributed by atoms with van der Waals surface area (Å²) < 4.78 is 0. The SMILES string of the molecule is CN(C)Cc1ccc(C#Cc2ccccc2)cc1. The lowest BCUT2D eigenvalue weighted by Crippen LogP contribution is -2.10. The molecule has 2 aromatic rings. The average Bonchev–Trinajstić information content (AvgIpc) is 2.38. The molecule has 0 saturated heterocycles. The fourth-order valence-electron chi connectivity index (χ4n) is 1.72. The molecule has 0 heterocycles. The summed E-state index contributed by atoms with van der Waals surface area (Å²) in [6.45, 7) is 0.965. The van der Waals surface area contributed by atoms with Crippen molar-refractivity contribution in [2.24, 2.45) is 0 Å². The second-order valence-electron chi connectivity index (χ2n) is 4.55. The summed E-state index contributed by atoms with van der Waals surface area (Å²) in [5, 5.41) is 0. The van der Waals surface area contributed by atoms with Gasteiger partial charge in [0.15, 0.2) is 0 Å². The molecular weight excluding hydrogens is 218 g/mol. The van der Waals surface area contributed by atoms with E-state index in [2.05, 4.69) is 55.1 Å². The van der Waals surface area contributed by atoms with Gasteiger partial charge in [-0.1, -0.05) is 42.2 Å². The fourth-order valence-corrected chi connectivity index (χ4v) is 1.72. The lowest BCUT2D eigenvalue weighted by atomic mass is 10.1. The standard InChI is InChI=1S/C17H17N/c1-18(2)14-17-12-10-16(11-13-17)9-8-15-6-4-3-5-7-15/h3-7,10-13H,14H2,1-2H3. The van der Waals surface area contributed by atoms with Crippen LogP contribution in [-0.4, -0.2) is 19.0 Å². The first-order chi connectivity index (χ1) is 8.74. The van der Waals surface area contributed by atoms with Crippen LogP contribution in [0.3, 0.4) is 0 Å².